The van der Waals surface area contributed by atoms with Crippen molar-refractivity contribution >= 4 is 23.4 Å². The van der Waals surface area contributed by atoms with Gasteiger partial charge in [-0.1, -0.05) is 36.9 Å². The fourth-order valence-electron chi connectivity index (χ4n) is 3.20. The quantitative estimate of drug-likeness (QED) is 0.776. The second-order valence-corrected chi connectivity index (χ2v) is 6.54. The number of nitrogens with zero attached hydrogens (tertiary/aromatic N) is 1. The molecule has 2 rings (SSSR count). The van der Waals surface area contributed by atoms with Crippen LogP contribution in [0.15, 0.2) is 24.3 Å². The second kappa shape index (κ2) is 9.29. The first-order valence-electron chi connectivity index (χ1n) is 8.30. The molecule has 2 N–H and O–H groups in total. The fourth-order valence-corrected chi connectivity index (χ4v) is 3.39. The number of benzene rings is 1. The van der Waals surface area contributed by atoms with E-state index in [1.807, 2.05) is 6.07 Å². The molecule has 1 fully saturated rings. The van der Waals surface area contributed by atoms with Gasteiger partial charge in [-0.05, 0) is 37.0 Å². The van der Waals surface area contributed by atoms with Crippen molar-refractivity contribution < 1.29 is 9.59 Å². The molecule has 1 unspecified atom stereocenters. The molecule has 5 nitrogen and oxygen atoms in total. The van der Waals surface area contributed by atoms with Crippen molar-refractivity contribution in [1.29, 1.82) is 5.26 Å². The molecule has 2 amide bonds. The molecule has 6 heteroatoms. The summed E-state index contributed by atoms with van der Waals surface area (Å²) in [6, 6.07) is 8.63. The van der Waals surface area contributed by atoms with E-state index in [9.17, 15) is 9.59 Å². The van der Waals surface area contributed by atoms with E-state index in [4.69, 9.17) is 16.9 Å². The van der Waals surface area contributed by atoms with Crippen LogP contribution in [0.2, 0.25) is 5.02 Å². The van der Waals surface area contributed by atoms with Crippen molar-refractivity contribution in [2.45, 2.75) is 32.1 Å². The molecule has 1 aliphatic rings. The monoisotopic (exact) mass is 347 g/mol. The average molecular weight is 348 g/mol. The van der Waals surface area contributed by atoms with Gasteiger partial charge in [0.1, 0.15) is 6.54 Å². The molecule has 0 aromatic heterocycles. The number of nitriles is 1. The second-order valence-electron chi connectivity index (χ2n) is 6.10. The Labute approximate surface area is 147 Å². The molecule has 128 valence electrons. The van der Waals surface area contributed by atoms with Gasteiger partial charge in [0, 0.05) is 17.1 Å². The smallest absolute Gasteiger partial charge is 0.251 e. The van der Waals surface area contributed by atoms with Crippen LogP contribution < -0.4 is 10.6 Å². The third kappa shape index (κ3) is 5.24. The molecule has 0 saturated heterocycles. The van der Waals surface area contributed by atoms with Crippen molar-refractivity contribution in [2.75, 3.05) is 13.1 Å². The fraction of sp³-hybridized carbons (Fsp3) is 0.500. The zero-order chi connectivity index (χ0) is 17.4. The van der Waals surface area contributed by atoms with Gasteiger partial charge < -0.3 is 10.6 Å². The number of carbonyl (C=O) groups is 2. The summed E-state index contributed by atoms with van der Waals surface area (Å²) in [5.74, 6) is -0.458. The summed E-state index contributed by atoms with van der Waals surface area (Å²) >= 11 is 5.91. The summed E-state index contributed by atoms with van der Waals surface area (Å²) in [6.07, 6.45) is 5.37. The molecule has 0 heterocycles. The van der Waals surface area contributed by atoms with Gasteiger partial charge >= 0.3 is 0 Å². The molecule has 0 bridgehead atoms. The molecular formula is C18H22ClN3O2. The molecule has 1 saturated carbocycles. The highest BCUT2D eigenvalue weighted by Gasteiger charge is 2.29. The Kier molecular flexibility index (Phi) is 7.07. The summed E-state index contributed by atoms with van der Waals surface area (Å²) in [6.45, 7) is 0.261. The van der Waals surface area contributed by atoms with E-state index in [1.54, 1.807) is 24.3 Å². The first-order valence-corrected chi connectivity index (χ1v) is 8.68. The maximum Gasteiger partial charge on any atom is 0.251 e. The van der Waals surface area contributed by atoms with Crippen LogP contribution in [0.4, 0.5) is 0 Å². The van der Waals surface area contributed by atoms with Crippen LogP contribution in [-0.4, -0.2) is 24.9 Å². The van der Waals surface area contributed by atoms with E-state index < -0.39 is 0 Å². The molecule has 1 aliphatic carbocycles. The van der Waals surface area contributed by atoms with Crippen LogP contribution in [0.1, 0.15) is 42.5 Å². The lowest BCUT2D eigenvalue weighted by Gasteiger charge is -2.29. The Morgan fingerprint density at radius 3 is 2.67 bits per heavy atom. The number of amides is 2. The zero-order valence-electron chi connectivity index (χ0n) is 13.6. The van der Waals surface area contributed by atoms with Crippen molar-refractivity contribution in [3.05, 3.63) is 34.9 Å². The molecule has 1 aromatic carbocycles. The van der Waals surface area contributed by atoms with Crippen LogP contribution in [0.5, 0.6) is 0 Å². The lowest BCUT2D eigenvalue weighted by molar-refractivity contribution is -0.126. The number of carbonyl (C=O) groups excluding carboxylic acids is 2. The molecule has 1 atom stereocenters. The molecule has 24 heavy (non-hydrogen) atoms. The van der Waals surface area contributed by atoms with Crippen molar-refractivity contribution in [1.82, 2.24) is 10.6 Å². The van der Waals surface area contributed by atoms with E-state index in [1.165, 1.54) is 6.42 Å². The van der Waals surface area contributed by atoms with Crippen LogP contribution in [-0.2, 0) is 4.79 Å². The van der Waals surface area contributed by atoms with Crippen LogP contribution >= 0.6 is 11.6 Å². The Bertz CT molecular complexity index is 621. The van der Waals surface area contributed by atoms with Gasteiger partial charge in [0.2, 0.25) is 5.91 Å². The van der Waals surface area contributed by atoms with Gasteiger partial charge in [-0.3, -0.25) is 9.59 Å². The van der Waals surface area contributed by atoms with Crippen molar-refractivity contribution in [3.8, 4) is 6.07 Å². The topological polar surface area (TPSA) is 82.0 Å². The van der Waals surface area contributed by atoms with Gasteiger partial charge in [-0.25, -0.2) is 0 Å². The van der Waals surface area contributed by atoms with Crippen LogP contribution in [0.25, 0.3) is 0 Å². The molecule has 0 spiro atoms. The van der Waals surface area contributed by atoms with Gasteiger partial charge in [0.25, 0.3) is 5.91 Å². The van der Waals surface area contributed by atoms with Gasteiger partial charge in [-0.15, -0.1) is 0 Å². The number of rotatable bonds is 6. The maximum absolute atomic E-state index is 12.4. The Balaban J connectivity index is 2.00. The minimum atomic E-state index is -0.304. The van der Waals surface area contributed by atoms with Gasteiger partial charge in [0.05, 0.1) is 12.0 Å². The highest BCUT2D eigenvalue weighted by molar-refractivity contribution is 6.30. The van der Waals surface area contributed by atoms with E-state index in [0.29, 0.717) is 10.6 Å². The van der Waals surface area contributed by atoms with Crippen LogP contribution in [0, 0.1) is 23.2 Å². The molecule has 0 aliphatic heterocycles. The highest BCUT2D eigenvalue weighted by atomic mass is 35.5. The third-order valence-electron chi connectivity index (χ3n) is 4.47. The number of nitrogens with one attached hydrogen (secondary N) is 2. The SMILES string of the molecule is N#CCNC(=O)C(CNC(=O)c1cccc(Cl)c1)C1CCCCC1. The molecular weight excluding hydrogens is 326 g/mol. The molecule has 0 radical (unpaired) electrons. The minimum Gasteiger partial charge on any atom is -0.351 e. The number of halogens is 1. The largest absolute Gasteiger partial charge is 0.351 e. The average Bonchev–Trinajstić information content (AvgIpc) is 2.60. The summed E-state index contributed by atoms with van der Waals surface area (Å²) in [4.78, 5) is 24.6. The predicted molar refractivity (Wildman–Crippen MR) is 92.5 cm³/mol. The Hall–Kier alpha value is -2.06. The van der Waals surface area contributed by atoms with E-state index in [2.05, 4.69) is 10.6 Å². The summed E-state index contributed by atoms with van der Waals surface area (Å²) in [5, 5.41) is 14.6. The number of hydrogen-bond donors (Lipinski definition) is 2. The standard InChI is InChI=1S/C18H22ClN3O2/c19-15-8-4-7-14(11-15)17(23)22-12-16(18(24)21-10-9-20)13-5-2-1-3-6-13/h4,7-8,11,13,16H,1-3,5-6,10,12H2,(H,21,24)(H,22,23). The van der Waals surface area contributed by atoms with E-state index in [0.717, 1.165) is 25.7 Å². The normalized spacial score (nSPS) is 16.0. The van der Waals surface area contributed by atoms with Crippen molar-refractivity contribution in [3.63, 3.8) is 0 Å². The Morgan fingerprint density at radius 2 is 2.00 bits per heavy atom. The van der Waals surface area contributed by atoms with Gasteiger partial charge in [-0.2, -0.15) is 5.26 Å². The number of hydrogen-bond acceptors (Lipinski definition) is 3. The summed E-state index contributed by atoms with van der Waals surface area (Å²) in [7, 11) is 0. The third-order valence-corrected chi connectivity index (χ3v) is 4.70. The lowest BCUT2D eigenvalue weighted by Crippen LogP contribution is -2.43. The highest BCUT2D eigenvalue weighted by Crippen LogP contribution is 2.30. The van der Waals surface area contributed by atoms with Gasteiger partial charge in [0.15, 0.2) is 0 Å². The first-order chi connectivity index (χ1) is 11.6. The Morgan fingerprint density at radius 1 is 1.25 bits per heavy atom. The molecule has 1 aromatic rings. The summed E-state index contributed by atoms with van der Waals surface area (Å²) < 4.78 is 0. The minimum absolute atomic E-state index is 0.00963. The van der Waals surface area contributed by atoms with Crippen molar-refractivity contribution in [2.24, 2.45) is 11.8 Å². The van der Waals surface area contributed by atoms with Crippen LogP contribution in [0.3, 0.4) is 0 Å². The summed E-state index contributed by atoms with van der Waals surface area (Å²) in [5.41, 5.74) is 0.474. The van der Waals surface area contributed by atoms with E-state index >= 15 is 0 Å². The zero-order valence-corrected chi connectivity index (χ0v) is 14.3. The maximum atomic E-state index is 12.4. The lowest BCUT2D eigenvalue weighted by atomic mass is 9.79. The predicted octanol–water partition coefficient (Wildman–Crippen LogP) is 2.91. The van der Waals surface area contributed by atoms with E-state index in [-0.39, 0.29) is 36.7 Å². The first kappa shape index (κ1) is 18.3.